The van der Waals surface area contributed by atoms with Crippen LogP contribution in [-0.2, 0) is 14.3 Å². The molecule has 1 amide bonds. The number of methoxy groups -OCH3 is 1. The minimum atomic E-state index is 0.104. The maximum atomic E-state index is 11.4. The Kier molecular flexibility index (Phi) is 4.54. The average Bonchev–Trinajstić information content (AvgIpc) is 2.57. The summed E-state index contributed by atoms with van der Waals surface area (Å²) in [6.45, 7) is 6.90. The fraction of sp³-hybridized carbons (Fsp3) is 0.909. The van der Waals surface area contributed by atoms with E-state index in [4.69, 9.17) is 9.47 Å². The fourth-order valence-corrected chi connectivity index (χ4v) is 1.89. The van der Waals surface area contributed by atoms with Gasteiger partial charge in [0.1, 0.15) is 0 Å². The maximum absolute atomic E-state index is 11.4. The first-order valence-electron chi connectivity index (χ1n) is 5.46. The van der Waals surface area contributed by atoms with E-state index in [1.807, 2.05) is 18.7 Å². The molecule has 0 aromatic rings. The summed E-state index contributed by atoms with van der Waals surface area (Å²) in [7, 11) is 1.69. The minimum absolute atomic E-state index is 0.104. The van der Waals surface area contributed by atoms with Gasteiger partial charge in [-0.25, -0.2) is 0 Å². The van der Waals surface area contributed by atoms with Crippen molar-refractivity contribution in [3.8, 4) is 0 Å². The van der Waals surface area contributed by atoms with E-state index in [1.54, 1.807) is 14.0 Å². The van der Waals surface area contributed by atoms with Crippen LogP contribution in [0.3, 0.4) is 0 Å². The van der Waals surface area contributed by atoms with Crippen LogP contribution < -0.4 is 0 Å². The molecule has 0 saturated carbocycles. The van der Waals surface area contributed by atoms with Gasteiger partial charge in [0.05, 0.1) is 24.9 Å². The number of hydrogen-bond donors (Lipinski definition) is 0. The van der Waals surface area contributed by atoms with Crippen molar-refractivity contribution in [2.45, 2.75) is 45.4 Å². The number of hydrogen-bond acceptors (Lipinski definition) is 3. The predicted molar refractivity (Wildman–Crippen MR) is 57.7 cm³/mol. The monoisotopic (exact) mass is 215 g/mol. The van der Waals surface area contributed by atoms with E-state index < -0.39 is 0 Å². The Morgan fingerprint density at radius 2 is 2.20 bits per heavy atom. The number of carbonyl (C=O) groups is 1. The largest absolute Gasteiger partial charge is 0.380 e. The Hall–Kier alpha value is -0.610. The van der Waals surface area contributed by atoms with Crippen molar-refractivity contribution in [2.75, 3.05) is 20.3 Å². The third-order valence-corrected chi connectivity index (χ3v) is 2.74. The van der Waals surface area contributed by atoms with Gasteiger partial charge in [-0.3, -0.25) is 4.79 Å². The number of ether oxygens (including phenoxy) is 2. The normalized spacial score (nSPS) is 26.3. The van der Waals surface area contributed by atoms with Crippen LogP contribution in [0.4, 0.5) is 0 Å². The van der Waals surface area contributed by atoms with Crippen LogP contribution in [0.25, 0.3) is 0 Å². The molecule has 1 fully saturated rings. The molecule has 4 nitrogen and oxygen atoms in total. The van der Waals surface area contributed by atoms with Crippen molar-refractivity contribution < 1.29 is 14.3 Å². The third-order valence-electron chi connectivity index (χ3n) is 2.74. The number of likely N-dealkylation sites (tertiary alicyclic amines) is 1. The molecule has 0 aromatic heterocycles. The van der Waals surface area contributed by atoms with Gasteiger partial charge in [0.15, 0.2) is 0 Å². The van der Waals surface area contributed by atoms with Crippen LogP contribution in [0.5, 0.6) is 0 Å². The van der Waals surface area contributed by atoms with Crippen LogP contribution in [0.1, 0.15) is 27.2 Å². The van der Waals surface area contributed by atoms with Crippen molar-refractivity contribution >= 4 is 5.91 Å². The highest BCUT2D eigenvalue weighted by molar-refractivity contribution is 5.74. The Morgan fingerprint density at radius 1 is 1.53 bits per heavy atom. The van der Waals surface area contributed by atoms with Crippen LogP contribution in [0.2, 0.25) is 0 Å². The smallest absolute Gasteiger partial charge is 0.219 e. The molecule has 15 heavy (non-hydrogen) atoms. The zero-order chi connectivity index (χ0) is 11.4. The lowest BCUT2D eigenvalue weighted by atomic mass is 10.2. The van der Waals surface area contributed by atoms with E-state index in [0.717, 1.165) is 6.42 Å². The zero-order valence-electron chi connectivity index (χ0n) is 10.0. The van der Waals surface area contributed by atoms with Gasteiger partial charge in [-0.2, -0.15) is 0 Å². The summed E-state index contributed by atoms with van der Waals surface area (Å²) in [5.74, 6) is 0.104. The Morgan fingerprint density at radius 3 is 2.67 bits per heavy atom. The van der Waals surface area contributed by atoms with Crippen molar-refractivity contribution in [2.24, 2.45) is 0 Å². The Labute approximate surface area is 91.5 Å². The molecule has 1 rings (SSSR count). The van der Waals surface area contributed by atoms with Crippen molar-refractivity contribution in [1.29, 1.82) is 0 Å². The summed E-state index contributed by atoms with van der Waals surface area (Å²) in [4.78, 5) is 13.2. The van der Waals surface area contributed by atoms with Crippen LogP contribution in [0.15, 0.2) is 0 Å². The van der Waals surface area contributed by atoms with Gasteiger partial charge < -0.3 is 14.4 Å². The van der Waals surface area contributed by atoms with E-state index in [0.29, 0.717) is 13.2 Å². The molecule has 4 heteroatoms. The van der Waals surface area contributed by atoms with Gasteiger partial charge in [-0.1, -0.05) is 0 Å². The molecule has 1 saturated heterocycles. The van der Waals surface area contributed by atoms with Crippen LogP contribution in [-0.4, -0.2) is 49.3 Å². The SMILES string of the molecule is CO[C@@H]1CC(COC(C)C)N(C(C)=O)C1. The highest BCUT2D eigenvalue weighted by atomic mass is 16.5. The molecule has 1 aliphatic heterocycles. The third kappa shape index (κ3) is 3.47. The average molecular weight is 215 g/mol. The summed E-state index contributed by atoms with van der Waals surface area (Å²) in [6.07, 6.45) is 1.25. The highest BCUT2D eigenvalue weighted by Crippen LogP contribution is 2.20. The topological polar surface area (TPSA) is 38.8 Å². The van der Waals surface area contributed by atoms with Crippen molar-refractivity contribution in [3.05, 3.63) is 0 Å². The van der Waals surface area contributed by atoms with Crippen molar-refractivity contribution in [3.63, 3.8) is 0 Å². The molecular formula is C11H21NO3. The highest BCUT2D eigenvalue weighted by Gasteiger charge is 2.33. The second-order valence-corrected chi connectivity index (χ2v) is 4.30. The summed E-state index contributed by atoms with van der Waals surface area (Å²) < 4.78 is 10.8. The molecule has 88 valence electrons. The van der Waals surface area contributed by atoms with Gasteiger partial charge in [0.2, 0.25) is 5.91 Å². The summed E-state index contributed by atoms with van der Waals surface area (Å²) in [5.41, 5.74) is 0. The zero-order valence-corrected chi connectivity index (χ0v) is 10.0. The molecule has 0 bridgehead atoms. The van der Waals surface area contributed by atoms with Crippen LogP contribution >= 0.6 is 0 Å². The molecule has 1 aliphatic rings. The van der Waals surface area contributed by atoms with Gasteiger partial charge in [-0.15, -0.1) is 0 Å². The second-order valence-electron chi connectivity index (χ2n) is 4.30. The molecular weight excluding hydrogens is 194 g/mol. The standard InChI is InChI=1S/C11H21NO3/c1-8(2)15-7-10-5-11(14-4)6-12(10)9(3)13/h8,10-11H,5-7H2,1-4H3/t10?,11-/m1/s1. The molecule has 0 aromatic carbocycles. The van der Waals surface area contributed by atoms with E-state index in [-0.39, 0.29) is 24.2 Å². The number of nitrogens with zero attached hydrogens (tertiary/aromatic N) is 1. The first kappa shape index (κ1) is 12.5. The molecule has 0 N–H and O–H groups in total. The van der Waals surface area contributed by atoms with E-state index >= 15 is 0 Å². The Bertz CT molecular complexity index is 218. The van der Waals surface area contributed by atoms with Gasteiger partial charge in [-0.05, 0) is 20.3 Å². The minimum Gasteiger partial charge on any atom is -0.380 e. The first-order valence-corrected chi connectivity index (χ1v) is 5.46. The number of amides is 1. The lowest BCUT2D eigenvalue weighted by Gasteiger charge is -2.23. The predicted octanol–water partition coefficient (Wildman–Crippen LogP) is 1.05. The second kappa shape index (κ2) is 5.47. The van der Waals surface area contributed by atoms with Crippen molar-refractivity contribution in [1.82, 2.24) is 4.90 Å². The summed E-state index contributed by atoms with van der Waals surface area (Å²) >= 11 is 0. The Balaban J connectivity index is 2.49. The first-order chi connectivity index (χ1) is 7.04. The van der Waals surface area contributed by atoms with Gasteiger partial charge in [0, 0.05) is 20.6 Å². The van der Waals surface area contributed by atoms with Gasteiger partial charge in [0.25, 0.3) is 0 Å². The van der Waals surface area contributed by atoms with E-state index in [9.17, 15) is 4.79 Å². The number of carbonyl (C=O) groups excluding carboxylic acids is 1. The van der Waals surface area contributed by atoms with Crippen LogP contribution in [0, 0.1) is 0 Å². The van der Waals surface area contributed by atoms with E-state index in [2.05, 4.69) is 0 Å². The maximum Gasteiger partial charge on any atom is 0.219 e. The molecule has 1 unspecified atom stereocenters. The van der Waals surface area contributed by atoms with Gasteiger partial charge >= 0.3 is 0 Å². The lowest BCUT2D eigenvalue weighted by Crippen LogP contribution is -2.37. The quantitative estimate of drug-likeness (QED) is 0.703. The van der Waals surface area contributed by atoms with E-state index in [1.165, 1.54) is 0 Å². The molecule has 0 aliphatic carbocycles. The summed E-state index contributed by atoms with van der Waals surface area (Å²) in [5, 5.41) is 0. The molecule has 2 atom stereocenters. The lowest BCUT2D eigenvalue weighted by molar-refractivity contribution is -0.131. The molecule has 0 radical (unpaired) electrons. The number of rotatable bonds is 4. The fourth-order valence-electron chi connectivity index (χ4n) is 1.89. The molecule has 0 spiro atoms. The summed E-state index contributed by atoms with van der Waals surface area (Å²) in [6, 6.07) is 0.176. The molecule has 1 heterocycles.